The van der Waals surface area contributed by atoms with Gasteiger partial charge in [-0.2, -0.15) is 0 Å². The third-order valence-electron chi connectivity index (χ3n) is 3.30. The monoisotopic (exact) mass is 409 g/mol. The third-order valence-corrected chi connectivity index (χ3v) is 4.12. The summed E-state index contributed by atoms with van der Waals surface area (Å²) in [5.41, 5.74) is 1.11. The lowest BCUT2D eigenvalue weighted by atomic mass is 10.2. The van der Waals surface area contributed by atoms with E-state index in [1.54, 1.807) is 11.3 Å². The van der Waals surface area contributed by atoms with E-state index >= 15 is 0 Å². The van der Waals surface area contributed by atoms with Gasteiger partial charge in [0.05, 0.1) is 17.2 Å². The van der Waals surface area contributed by atoms with Crippen LogP contribution in [0.4, 0.5) is 0 Å². The molecule has 0 amide bonds. The normalized spacial score (nSPS) is 15.4. The number of halogens is 1. The van der Waals surface area contributed by atoms with Crippen molar-refractivity contribution in [2.24, 2.45) is 4.99 Å². The summed E-state index contributed by atoms with van der Waals surface area (Å²) in [6.45, 7) is 7.38. The molecule has 1 aromatic heterocycles. The van der Waals surface area contributed by atoms with Crippen LogP contribution in [-0.4, -0.2) is 61.0 Å². The van der Waals surface area contributed by atoms with E-state index in [1.807, 2.05) is 21.0 Å². The molecular formula is C13H24IN5S. The van der Waals surface area contributed by atoms with Gasteiger partial charge in [-0.25, -0.2) is 4.98 Å². The number of thiazole rings is 1. The van der Waals surface area contributed by atoms with Crippen molar-refractivity contribution in [2.45, 2.75) is 19.9 Å². The molecule has 0 spiro atoms. The van der Waals surface area contributed by atoms with E-state index < -0.39 is 0 Å². The Hall–Kier alpha value is -0.410. The van der Waals surface area contributed by atoms with Gasteiger partial charge in [0.25, 0.3) is 0 Å². The van der Waals surface area contributed by atoms with Crippen molar-refractivity contribution in [3.8, 4) is 0 Å². The van der Waals surface area contributed by atoms with Crippen molar-refractivity contribution in [1.82, 2.24) is 20.1 Å². The Balaban J connectivity index is 0.00000200. The van der Waals surface area contributed by atoms with Crippen LogP contribution in [0.15, 0.2) is 10.4 Å². The molecule has 7 heteroatoms. The summed E-state index contributed by atoms with van der Waals surface area (Å²) in [6.07, 6.45) is 1.35. The summed E-state index contributed by atoms with van der Waals surface area (Å²) in [4.78, 5) is 13.4. The van der Waals surface area contributed by atoms with Crippen molar-refractivity contribution < 1.29 is 0 Å². The lowest BCUT2D eigenvalue weighted by Gasteiger charge is -2.31. The molecule has 0 bridgehead atoms. The zero-order chi connectivity index (χ0) is 13.7. The predicted molar refractivity (Wildman–Crippen MR) is 96.2 cm³/mol. The Morgan fingerprint density at radius 3 is 2.80 bits per heavy atom. The van der Waals surface area contributed by atoms with Crippen molar-refractivity contribution in [2.75, 3.05) is 40.3 Å². The number of nitrogens with zero attached hydrogens (tertiary/aromatic N) is 4. The molecule has 2 rings (SSSR count). The van der Waals surface area contributed by atoms with E-state index in [1.165, 1.54) is 19.5 Å². The fourth-order valence-corrected chi connectivity index (χ4v) is 2.72. The number of aliphatic imine (C=N–C) groups is 1. The molecule has 1 N–H and O–H groups in total. The smallest absolute Gasteiger partial charge is 0.193 e. The minimum absolute atomic E-state index is 0. The molecule has 1 saturated heterocycles. The average molecular weight is 409 g/mol. The standard InChI is InChI=1S/C13H23N5S.HI/c1-11-16-12(10-19-11)9-17(3)13(14-2)15-5-8-18-6-4-7-18;/h10H,4-9H2,1-3H3,(H,14,15);1H. The summed E-state index contributed by atoms with van der Waals surface area (Å²) < 4.78 is 0. The number of aromatic nitrogens is 1. The van der Waals surface area contributed by atoms with Gasteiger partial charge in [-0.05, 0) is 26.4 Å². The van der Waals surface area contributed by atoms with Crippen molar-refractivity contribution in [3.05, 3.63) is 16.1 Å². The van der Waals surface area contributed by atoms with Gasteiger partial charge < -0.3 is 15.1 Å². The predicted octanol–water partition coefficient (Wildman–Crippen LogP) is 1.78. The lowest BCUT2D eigenvalue weighted by molar-refractivity contribution is 0.184. The number of aryl methyl sites for hydroxylation is 1. The first-order valence-corrected chi connectivity index (χ1v) is 7.62. The highest BCUT2D eigenvalue weighted by Gasteiger charge is 2.13. The van der Waals surface area contributed by atoms with Gasteiger partial charge in [0.2, 0.25) is 0 Å². The summed E-state index contributed by atoms with van der Waals surface area (Å²) in [5.74, 6) is 0.936. The van der Waals surface area contributed by atoms with Crippen LogP contribution in [0.2, 0.25) is 0 Å². The third kappa shape index (κ3) is 5.17. The number of guanidine groups is 1. The zero-order valence-corrected chi connectivity index (χ0v) is 15.6. The molecule has 1 aliphatic heterocycles. The summed E-state index contributed by atoms with van der Waals surface area (Å²) in [6, 6.07) is 0. The first-order valence-electron chi connectivity index (χ1n) is 6.74. The first kappa shape index (κ1) is 17.6. The molecule has 20 heavy (non-hydrogen) atoms. The van der Waals surface area contributed by atoms with E-state index in [2.05, 4.69) is 30.5 Å². The van der Waals surface area contributed by atoms with Crippen LogP contribution < -0.4 is 5.32 Å². The number of likely N-dealkylation sites (tertiary alicyclic amines) is 1. The van der Waals surface area contributed by atoms with Gasteiger partial charge in [0.1, 0.15) is 0 Å². The van der Waals surface area contributed by atoms with Gasteiger partial charge in [0.15, 0.2) is 5.96 Å². The molecule has 1 fully saturated rings. The molecule has 0 atom stereocenters. The maximum absolute atomic E-state index is 4.48. The zero-order valence-electron chi connectivity index (χ0n) is 12.4. The summed E-state index contributed by atoms with van der Waals surface area (Å²) in [7, 11) is 3.88. The summed E-state index contributed by atoms with van der Waals surface area (Å²) in [5, 5.41) is 6.63. The van der Waals surface area contributed by atoms with Gasteiger partial charge >= 0.3 is 0 Å². The van der Waals surface area contributed by atoms with Crippen molar-refractivity contribution in [3.63, 3.8) is 0 Å². The molecule has 0 saturated carbocycles. The molecule has 2 heterocycles. The Kier molecular flexibility index (Phi) is 7.75. The summed E-state index contributed by atoms with van der Waals surface area (Å²) >= 11 is 1.69. The topological polar surface area (TPSA) is 43.8 Å². The second-order valence-electron chi connectivity index (χ2n) is 4.88. The van der Waals surface area contributed by atoms with E-state index in [4.69, 9.17) is 0 Å². The molecule has 0 radical (unpaired) electrons. The highest BCUT2D eigenvalue weighted by molar-refractivity contribution is 14.0. The van der Waals surface area contributed by atoms with Gasteiger partial charge in [0, 0.05) is 32.6 Å². The molecule has 5 nitrogen and oxygen atoms in total. The van der Waals surface area contributed by atoms with Crippen LogP contribution in [0.1, 0.15) is 17.1 Å². The molecule has 0 aliphatic carbocycles. The van der Waals surface area contributed by atoms with Crippen LogP contribution >= 0.6 is 35.3 Å². The molecule has 0 aromatic carbocycles. The Morgan fingerprint density at radius 2 is 2.30 bits per heavy atom. The molecule has 114 valence electrons. The highest BCUT2D eigenvalue weighted by Crippen LogP contribution is 2.09. The SMILES string of the molecule is CN=C(NCCN1CCC1)N(C)Cc1csc(C)n1.I. The van der Waals surface area contributed by atoms with Crippen molar-refractivity contribution in [1.29, 1.82) is 0 Å². The maximum atomic E-state index is 4.48. The van der Waals surface area contributed by atoms with Crippen LogP contribution in [-0.2, 0) is 6.54 Å². The maximum Gasteiger partial charge on any atom is 0.193 e. The minimum Gasteiger partial charge on any atom is -0.355 e. The van der Waals surface area contributed by atoms with Crippen LogP contribution in [0, 0.1) is 6.92 Å². The van der Waals surface area contributed by atoms with Crippen molar-refractivity contribution >= 4 is 41.3 Å². The minimum atomic E-state index is 0. The first-order chi connectivity index (χ1) is 9.19. The Morgan fingerprint density at radius 1 is 1.55 bits per heavy atom. The van der Waals surface area contributed by atoms with Crippen LogP contribution in [0.25, 0.3) is 0 Å². The molecular weight excluding hydrogens is 385 g/mol. The van der Waals surface area contributed by atoms with Crippen LogP contribution in [0.3, 0.4) is 0 Å². The van der Waals surface area contributed by atoms with Crippen LogP contribution in [0.5, 0.6) is 0 Å². The Bertz CT molecular complexity index is 430. The van der Waals surface area contributed by atoms with E-state index in [0.717, 1.165) is 36.3 Å². The van der Waals surface area contributed by atoms with E-state index in [9.17, 15) is 0 Å². The van der Waals surface area contributed by atoms with E-state index in [0.29, 0.717) is 0 Å². The molecule has 0 unspecified atom stereocenters. The number of hydrogen-bond donors (Lipinski definition) is 1. The Labute approximate surface area is 142 Å². The van der Waals surface area contributed by atoms with Gasteiger partial charge in [-0.1, -0.05) is 0 Å². The fraction of sp³-hybridized carbons (Fsp3) is 0.692. The largest absolute Gasteiger partial charge is 0.355 e. The quantitative estimate of drug-likeness (QED) is 0.458. The van der Waals surface area contributed by atoms with E-state index in [-0.39, 0.29) is 24.0 Å². The fourth-order valence-electron chi connectivity index (χ4n) is 2.11. The second-order valence-corrected chi connectivity index (χ2v) is 5.95. The second kappa shape index (κ2) is 8.78. The van der Waals surface area contributed by atoms with Gasteiger partial charge in [-0.15, -0.1) is 35.3 Å². The highest BCUT2D eigenvalue weighted by atomic mass is 127. The number of rotatable bonds is 5. The number of hydrogen-bond acceptors (Lipinski definition) is 4. The average Bonchev–Trinajstić information content (AvgIpc) is 2.72. The lowest BCUT2D eigenvalue weighted by Crippen LogP contribution is -2.45. The number of nitrogens with one attached hydrogen (secondary N) is 1. The molecule has 1 aliphatic rings. The molecule has 1 aromatic rings. The van der Waals surface area contributed by atoms with Gasteiger partial charge in [-0.3, -0.25) is 4.99 Å².